The summed E-state index contributed by atoms with van der Waals surface area (Å²) in [6, 6.07) is 33.8. The van der Waals surface area contributed by atoms with Crippen LogP contribution in [0.5, 0.6) is 0 Å². The number of ketones is 2. The highest BCUT2D eigenvalue weighted by Crippen LogP contribution is 2.33. The van der Waals surface area contributed by atoms with Gasteiger partial charge in [-0.05, 0) is 12.1 Å². The minimum atomic E-state index is -0.374. The van der Waals surface area contributed by atoms with Gasteiger partial charge in [-0.15, -0.1) is 0 Å². The summed E-state index contributed by atoms with van der Waals surface area (Å²) < 4.78 is 0. The van der Waals surface area contributed by atoms with Crippen molar-refractivity contribution in [2.24, 2.45) is 0 Å². The summed E-state index contributed by atoms with van der Waals surface area (Å²) in [6.07, 6.45) is 0. The molecular weight excluding hydrogens is 468 g/mol. The first kappa shape index (κ1) is 23.1. The van der Waals surface area contributed by atoms with E-state index in [1.807, 2.05) is 66.7 Å². The van der Waals surface area contributed by atoms with Crippen LogP contribution < -0.4 is 5.32 Å². The lowest BCUT2D eigenvalue weighted by Crippen LogP contribution is -2.12. The summed E-state index contributed by atoms with van der Waals surface area (Å²) in [5.74, 6) is -0.643. The molecule has 0 saturated carbocycles. The van der Waals surface area contributed by atoms with E-state index in [2.05, 4.69) is 10.3 Å². The van der Waals surface area contributed by atoms with Gasteiger partial charge in [0, 0.05) is 27.8 Å². The second-order valence-electron chi connectivity index (χ2n) is 7.98. The van der Waals surface area contributed by atoms with Crippen molar-refractivity contribution in [2.45, 2.75) is 0 Å². The summed E-state index contributed by atoms with van der Waals surface area (Å²) in [7, 11) is 0. The first-order chi connectivity index (χ1) is 17.6. The van der Waals surface area contributed by atoms with Gasteiger partial charge < -0.3 is 0 Å². The Labute approximate surface area is 212 Å². The smallest absolute Gasteiger partial charge is 0.257 e. The van der Waals surface area contributed by atoms with Crippen molar-refractivity contribution in [1.29, 1.82) is 0 Å². The maximum atomic E-state index is 13.3. The highest BCUT2D eigenvalue weighted by atomic mass is 32.1. The average molecular weight is 489 g/mol. The van der Waals surface area contributed by atoms with E-state index >= 15 is 0 Å². The maximum Gasteiger partial charge on any atom is 0.257 e. The number of benzene rings is 4. The van der Waals surface area contributed by atoms with Gasteiger partial charge >= 0.3 is 0 Å². The molecule has 5 aromatic rings. The van der Waals surface area contributed by atoms with Gasteiger partial charge in [-0.2, -0.15) is 0 Å². The second kappa shape index (κ2) is 10.3. The fourth-order valence-electron chi connectivity index (χ4n) is 3.74. The number of aromatic nitrogens is 1. The van der Waals surface area contributed by atoms with Crippen molar-refractivity contribution in [3.63, 3.8) is 0 Å². The molecule has 6 heteroatoms. The number of carbonyl (C=O) groups excluding carboxylic acids is 3. The SMILES string of the molecule is O=C(Nc1nc(-c2ccccc2)c(C(=O)c2ccccc2)s1)c1ccc(C(=O)c2ccccc2)cc1. The van der Waals surface area contributed by atoms with E-state index in [1.54, 1.807) is 48.5 Å². The highest BCUT2D eigenvalue weighted by Gasteiger charge is 2.22. The number of nitrogens with one attached hydrogen (secondary N) is 1. The number of carbonyl (C=O) groups is 3. The van der Waals surface area contributed by atoms with Crippen LogP contribution >= 0.6 is 11.3 Å². The van der Waals surface area contributed by atoms with Crippen molar-refractivity contribution < 1.29 is 14.4 Å². The molecule has 0 unspecified atom stereocenters. The molecule has 0 aliphatic carbocycles. The first-order valence-corrected chi connectivity index (χ1v) is 12.1. The zero-order valence-corrected chi connectivity index (χ0v) is 19.9. The van der Waals surface area contributed by atoms with Crippen molar-refractivity contribution >= 4 is 33.9 Å². The lowest BCUT2D eigenvalue weighted by atomic mass is 10.0. The van der Waals surface area contributed by atoms with Crippen LogP contribution in [0.2, 0.25) is 0 Å². The van der Waals surface area contributed by atoms with E-state index < -0.39 is 0 Å². The van der Waals surface area contributed by atoms with Crippen molar-refractivity contribution in [2.75, 3.05) is 5.32 Å². The molecule has 36 heavy (non-hydrogen) atoms. The third kappa shape index (κ3) is 4.89. The third-order valence-electron chi connectivity index (χ3n) is 5.58. The fraction of sp³-hybridized carbons (Fsp3) is 0. The minimum Gasteiger partial charge on any atom is -0.298 e. The number of rotatable bonds is 7. The number of nitrogens with zero attached hydrogens (tertiary/aromatic N) is 1. The van der Waals surface area contributed by atoms with Gasteiger partial charge in [0.2, 0.25) is 5.78 Å². The van der Waals surface area contributed by atoms with Crippen LogP contribution in [-0.4, -0.2) is 22.5 Å². The van der Waals surface area contributed by atoms with E-state index in [9.17, 15) is 14.4 Å². The molecular formula is C30H20N2O3S. The molecule has 5 rings (SSSR count). The highest BCUT2D eigenvalue weighted by molar-refractivity contribution is 7.18. The number of amides is 1. The van der Waals surface area contributed by atoms with Crippen molar-refractivity contribution in [3.05, 3.63) is 142 Å². The Hall–Kier alpha value is -4.68. The summed E-state index contributed by atoms with van der Waals surface area (Å²) in [6.45, 7) is 0. The normalized spacial score (nSPS) is 10.6. The largest absolute Gasteiger partial charge is 0.298 e. The standard InChI is InChI=1S/C30H20N2O3S/c33-26(21-12-6-2-7-13-21)23-16-18-24(19-17-23)29(35)32-30-31-25(20-10-4-1-5-11-20)28(36-30)27(34)22-14-8-3-9-15-22/h1-19H,(H,31,32,35). The lowest BCUT2D eigenvalue weighted by Gasteiger charge is -2.04. The van der Waals surface area contributed by atoms with Gasteiger partial charge in [-0.3, -0.25) is 19.7 Å². The Morgan fingerprint density at radius 1 is 0.556 bits per heavy atom. The molecule has 0 bridgehead atoms. The molecule has 1 aromatic heterocycles. The van der Waals surface area contributed by atoms with Crippen molar-refractivity contribution in [3.8, 4) is 11.3 Å². The van der Waals surface area contributed by atoms with E-state index in [-0.39, 0.29) is 17.5 Å². The Bertz CT molecular complexity index is 1530. The molecule has 4 aromatic carbocycles. The van der Waals surface area contributed by atoms with E-state index in [4.69, 9.17) is 0 Å². The molecule has 0 fully saturated rings. The van der Waals surface area contributed by atoms with Gasteiger partial charge in [0.05, 0.1) is 5.69 Å². The van der Waals surface area contributed by atoms with E-state index in [0.717, 1.165) is 16.9 Å². The van der Waals surface area contributed by atoms with Crippen LogP contribution in [0.15, 0.2) is 115 Å². The number of hydrogen-bond donors (Lipinski definition) is 1. The molecule has 1 heterocycles. The van der Waals surface area contributed by atoms with Crippen LogP contribution in [0.25, 0.3) is 11.3 Å². The predicted molar refractivity (Wildman–Crippen MR) is 142 cm³/mol. The van der Waals surface area contributed by atoms with Gasteiger partial charge in [0.25, 0.3) is 5.91 Å². The molecule has 174 valence electrons. The Balaban J connectivity index is 1.40. The van der Waals surface area contributed by atoms with Crippen molar-refractivity contribution in [1.82, 2.24) is 4.98 Å². The molecule has 1 N–H and O–H groups in total. The molecule has 0 aliphatic heterocycles. The second-order valence-corrected chi connectivity index (χ2v) is 8.98. The first-order valence-electron chi connectivity index (χ1n) is 11.3. The molecule has 0 spiro atoms. The number of thiazole rings is 1. The zero-order chi connectivity index (χ0) is 24.9. The monoisotopic (exact) mass is 488 g/mol. The molecule has 0 radical (unpaired) electrons. The maximum absolute atomic E-state index is 13.3. The van der Waals surface area contributed by atoms with Gasteiger partial charge in [0.15, 0.2) is 10.9 Å². The Morgan fingerprint density at radius 3 is 1.61 bits per heavy atom. The van der Waals surface area contributed by atoms with E-state index in [1.165, 1.54) is 0 Å². The van der Waals surface area contributed by atoms with E-state index in [0.29, 0.717) is 38.0 Å². The van der Waals surface area contributed by atoms with Gasteiger partial charge in [-0.25, -0.2) is 4.98 Å². The number of hydrogen-bond acceptors (Lipinski definition) is 5. The third-order valence-corrected chi connectivity index (χ3v) is 6.55. The molecule has 0 atom stereocenters. The lowest BCUT2D eigenvalue weighted by molar-refractivity contribution is 0.101. The van der Waals surface area contributed by atoms with Gasteiger partial charge in [-0.1, -0.05) is 114 Å². The summed E-state index contributed by atoms with van der Waals surface area (Å²) in [5, 5.41) is 3.13. The molecule has 5 nitrogen and oxygen atoms in total. The van der Waals surface area contributed by atoms with Crippen LogP contribution in [0, 0.1) is 0 Å². The fourth-order valence-corrected chi connectivity index (χ4v) is 4.68. The molecule has 0 aliphatic rings. The summed E-state index contributed by atoms with van der Waals surface area (Å²) in [4.78, 5) is 43.9. The number of anilines is 1. The Morgan fingerprint density at radius 2 is 1.03 bits per heavy atom. The van der Waals surface area contributed by atoms with Crippen LogP contribution in [0.1, 0.15) is 41.5 Å². The van der Waals surface area contributed by atoms with Crippen LogP contribution in [0.4, 0.5) is 5.13 Å². The zero-order valence-electron chi connectivity index (χ0n) is 19.0. The summed E-state index contributed by atoms with van der Waals surface area (Å²) >= 11 is 1.14. The minimum absolute atomic E-state index is 0.112. The molecule has 1 amide bonds. The Kier molecular flexibility index (Phi) is 6.60. The molecule has 0 saturated heterocycles. The predicted octanol–water partition coefficient (Wildman–Crippen LogP) is 6.52. The van der Waals surface area contributed by atoms with Crippen LogP contribution in [0.3, 0.4) is 0 Å². The summed E-state index contributed by atoms with van der Waals surface area (Å²) in [5.41, 5.74) is 3.32. The van der Waals surface area contributed by atoms with Gasteiger partial charge in [0.1, 0.15) is 4.88 Å². The average Bonchev–Trinajstić information content (AvgIpc) is 3.37. The quantitative estimate of drug-likeness (QED) is 0.265. The topological polar surface area (TPSA) is 76.1 Å². The van der Waals surface area contributed by atoms with Crippen LogP contribution in [-0.2, 0) is 0 Å².